The molecule has 142 valence electrons. The molecule has 0 aliphatic rings. The second-order valence-corrected chi connectivity index (χ2v) is 9.94. The maximum atomic E-state index is 13.3. The Morgan fingerprint density at radius 3 is 1.96 bits per heavy atom. The minimum Gasteiger partial charge on any atom is -0.431 e. The summed E-state index contributed by atoms with van der Waals surface area (Å²) in [5, 5.41) is 0. The lowest BCUT2D eigenvalue weighted by molar-refractivity contribution is -0.163. The first-order valence-electron chi connectivity index (χ1n) is 6.46. The molecule has 4 nitrogen and oxygen atoms in total. The van der Waals surface area contributed by atoms with Crippen LogP contribution in [0.4, 0.5) is 8.78 Å². The van der Waals surface area contributed by atoms with E-state index in [9.17, 15) is 17.2 Å². The maximum Gasteiger partial charge on any atom is 0.428 e. The number of ether oxygens (including phenoxy) is 1. The first kappa shape index (κ1) is 22.2. The zero-order chi connectivity index (χ0) is 19.7. The van der Waals surface area contributed by atoms with Crippen LogP contribution in [-0.4, -0.2) is 19.4 Å². The first-order valence-corrected chi connectivity index (χ1v) is 11.1. The summed E-state index contributed by atoms with van der Waals surface area (Å²) in [6, 6.07) is 7.38. The van der Waals surface area contributed by atoms with Crippen molar-refractivity contribution in [3.8, 4) is 11.5 Å². The maximum absolute atomic E-state index is 13.3. The van der Waals surface area contributed by atoms with Crippen molar-refractivity contribution < 1.29 is 26.1 Å². The fourth-order valence-electron chi connectivity index (χ4n) is 1.64. The van der Waals surface area contributed by atoms with Crippen LogP contribution in [-0.2, 0) is 10.1 Å². The molecule has 2 aromatic carbocycles. The minimum atomic E-state index is -4.22. The van der Waals surface area contributed by atoms with Crippen LogP contribution in [0.5, 0.6) is 11.5 Å². The topological polar surface area (TPSA) is 52.6 Å². The minimum absolute atomic E-state index is 0.0344. The molecule has 12 heteroatoms. The molecule has 0 atom stereocenters. The molecule has 0 N–H and O–H groups in total. The Labute approximate surface area is 183 Å². The van der Waals surface area contributed by atoms with E-state index in [0.29, 0.717) is 13.4 Å². The summed E-state index contributed by atoms with van der Waals surface area (Å²) in [5.74, 6) is -0.279. The fraction of sp³-hybridized carbons (Fsp3) is 0.143. The van der Waals surface area contributed by atoms with Gasteiger partial charge in [-0.1, -0.05) is 39.1 Å². The number of benzene rings is 2. The van der Waals surface area contributed by atoms with Crippen LogP contribution in [0.3, 0.4) is 0 Å². The molecule has 2 aromatic rings. The summed E-state index contributed by atoms with van der Waals surface area (Å²) in [6.45, 7) is 0. The Balaban J connectivity index is 2.25. The Bertz CT molecular complexity index is 886. The highest BCUT2D eigenvalue weighted by molar-refractivity contribution is 9.11. The second-order valence-electron chi connectivity index (χ2n) is 4.67. The Kier molecular flexibility index (Phi) is 7.23. The van der Waals surface area contributed by atoms with E-state index in [1.807, 2.05) is 0 Å². The summed E-state index contributed by atoms with van der Waals surface area (Å²) >= 11 is 19.9. The van der Waals surface area contributed by atoms with E-state index in [1.165, 1.54) is 0 Å². The smallest absolute Gasteiger partial charge is 0.428 e. The summed E-state index contributed by atoms with van der Waals surface area (Å²) in [6.07, 6.45) is -3.83. The molecule has 0 heterocycles. The molecule has 0 aromatic heterocycles. The lowest BCUT2D eigenvalue weighted by atomic mass is 10.3. The van der Waals surface area contributed by atoms with Gasteiger partial charge in [-0.25, -0.2) is 0 Å². The van der Waals surface area contributed by atoms with Crippen molar-refractivity contribution in [1.29, 1.82) is 0 Å². The van der Waals surface area contributed by atoms with Crippen molar-refractivity contribution in [1.82, 2.24) is 0 Å². The number of hydrogen-bond acceptors (Lipinski definition) is 4. The van der Waals surface area contributed by atoms with Crippen LogP contribution in [0.15, 0.2) is 54.7 Å². The average molecular weight is 620 g/mol. The van der Waals surface area contributed by atoms with Crippen LogP contribution < -0.4 is 8.92 Å². The Morgan fingerprint density at radius 1 is 1.00 bits per heavy atom. The second kappa shape index (κ2) is 8.48. The van der Waals surface area contributed by atoms with E-state index < -0.39 is 21.1 Å². The molecule has 26 heavy (non-hydrogen) atoms. The van der Waals surface area contributed by atoms with Gasteiger partial charge in [0.15, 0.2) is 5.75 Å². The fourth-order valence-corrected chi connectivity index (χ4v) is 5.33. The van der Waals surface area contributed by atoms with Crippen molar-refractivity contribution in [2.75, 3.05) is 0 Å². The van der Waals surface area contributed by atoms with E-state index in [-0.39, 0.29) is 16.4 Å². The van der Waals surface area contributed by atoms with E-state index in [0.717, 1.165) is 24.3 Å². The third kappa shape index (κ3) is 5.45. The third-order valence-electron chi connectivity index (χ3n) is 2.78. The zero-order valence-electron chi connectivity index (χ0n) is 12.2. The third-order valence-corrected chi connectivity index (χ3v) is 6.16. The van der Waals surface area contributed by atoms with Gasteiger partial charge in [-0.2, -0.15) is 17.2 Å². The van der Waals surface area contributed by atoms with E-state index in [2.05, 4.69) is 52.5 Å². The van der Waals surface area contributed by atoms with Crippen molar-refractivity contribution >= 4 is 81.1 Å². The lowest BCUT2D eigenvalue weighted by Crippen LogP contribution is -2.32. The van der Waals surface area contributed by atoms with Gasteiger partial charge in [-0.05, 0) is 68.3 Å². The van der Waals surface area contributed by atoms with Crippen LogP contribution in [0.2, 0.25) is 0 Å². The van der Waals surface area contributed by atoms with Gasteiger partial charge in [0, 0.05) is 4.47 Å². The molecule has 0 bridgehead atoms. The van der Waals surface area contributed by atoms with Crippen LogP contribution in [0.1, 0.15) is 0 Å². The molecule has 2 rings (SSSR count). The largest absolute Gasteiger partial charge is 0.431 e. The highest BCUT2D eigenvalue weighted by atomic mass is 79.9. The van der Waals surface area contributed by atoms with Gasteiger partial charge in [0.05, 0.1) is 8.95 Å². The van der Waals surface area contributed by atoms with Gasteiger partial charge in [0.1, 0.15) is 10.6 Å². The van der Waals surface area contributed by atoms with Crippen molar-refractivity contribution in [3.05, 3.63) is 49.8 Å². The SMILES string of the molecule is O=S(=O)(Oc1c(Br)cc(Br)cc1Br)c1ccc(OC(F)(F)C(Cl)Cl)cc1. The predicted octanol–water partition coefficient (Wildman–Crippen LogP) is 6.52. The van der Waals surface area contributed by atoms with Gasteiger partial charge in [0.2, 0.25) is 4.84 Å². The van der Waals surface area contributed by atoms with E-state index in [4.69, 9.17) is 27.4 Å². The van der Waals surface area contributed by atoms with Crippen molar-refractivity contribution in [2.45, 2.75) is 15.8 Å². The number of halogens is 7. The van der Waals surface area contributed by atoms with Crippen molar-refractivity contribution in [2.24, 2.45) is 0 Å². The van der Waals surface area contributed by atoms with Gasteiger partial charge in [0.25, 0.3) is 0 Å². The van der Waals surface area contributed by atoms with Gasteiger partial charge < -0.3 is 8.92 Å². The highest BCUT2D eigenvalue weighted by Crippen LogP contribution is 2.38. The van der Waals surface area contributed by atoms with Crippen LogP contribution in [0.25, 0.3) is 0 Å². The Morgan fingerprint density at radius 2 is 1.50 bits per heavy atom. The van der Waals surface area contributed by atoms with Gasteiger partial charge in [-0.15, -0.1) is 0 Å². The molecule has 0 unspecified atom stereocenters. The normalized spacial score (nSPS) is 12.3. The molecule has 0 spiro atoms. The molecular weight excluding hydrogens is 613 g/mol. The average Bonchev–Trinajstić information content (AvgIpc) is 2.51. The zero-order valence-corrected chi connectivity index (χ0v) is 19.3. The number of rotatable bonds is 6. The molecule has 0 radical (unpaired) electrons. The summed E-state index contributed by atoms with van der Waals surface area (Å²) in [7, 11) is -4.22. The monoisotopic (exact) mass is 616 g/mol. The standard InChI is InChI=1S/C14H7Br3Cl2F2O4S/c15-7-5-10(16)12(11(17)6-7)25-26(22,23)9-3-1-8(2-4-9)24-14(20,21)13(18)19/h1-6,13H. The highest BCUT2D eigenvalue weighted by Gasteiger charge is 2.40. The first-order chi connectivity index (χ1) is 11.9. The van der Waals surface area contributed by atoms with E-state index in [1.54, 1.807) is 12.1 Å². The molecule has 0 aliphatic heterocycles. The lowest BCUT2D eigenvalue weighted by Gasteiger charge is -2.18. The summed E-state index contributed by atoms with van der Waals surface area (Å²) < 4.78 is 62.4. The molecule has 0 fully saturated rings. The Hall–Kier alpha value is -0.130. The summed E-state index contributed by atoms with van der Waals surface area (Å²) in [5.41, 5.74) is 0. The molecule has 0 amide bonds. The van der Waals surface area contributed by atoms with Gasteiger partial charge in [-0.3, -0.25) is 0 Å². The van der Waals surface area contributed by atoms with Crippen LogP contribution in [0, 0.1) is 0 Å². The molecule has 0 saturated heterocycles. The predicted molar refractivity (Wildman–Crippen MR) is 105 cm³/mol. The van der Waals surface area contributed by atoms with E-state index >= 15 is 0 Å². The van der Waals surface area contributed by atoms with Crippen LogP contribution >= 0.6 is 71.0 Å². The summed E-state index contributed by atoms with van der Waals surface area (Å²) in [4.78, 5) is -2.34. The molecule has 0 aliphatic carbocycles. The number of hydrogen-bond donors (Lipinski definition) is 0. The van der Waals surface area contributed by atoms with Crippen molar-refractivity contribution in [3.63, 3.8) is 0 Å². The van der Waals surface area contributed by atoms with Gasteiger partial charge >= 0.3 is 16.2 Å². The quantitative estimate of drug-likeness (QED) is 0.273. The molecular formula is C14H7Br3Cl2F2O4S. The molecule has 0 saturated carbocycles. The number of alkyl halides is 4.